The summed E-state index contributed by atoms with van der Waals surface area (Å²) in [5.74, 6) is 1.92. The van der Waals surface area contributed by atoms with E-state index >= 15 is 0 Å². The molecule has 106 valence electrons. The molecule has 0 aliphatic carbocycles. The maximum atomic E-state index is 6.29. The minimum atomic E-state index is -0.239. The fourth-order valence-electron chi connectivity index (χ4n) is 2.14. The van der Waals surface area contributed by atoms with E-state index in [2.05, 4.69) is 6.92 Å². The van der Waals surface area contributed by atoms with E-state index in [1.165, 1.54) is 0 Å². The van der Waals surface area contributed by atoms with Gasteiger partial charge in [-0.1, -0.05) is 24.6 Å². The van der Waals surface area contributed by atoms with Gasteiger partial charge in [-0.15, -0.1) is 11.3 Å². The van der Waals surface area contributed by atoms with Crippen molar-refractivity contribution in [2.75, 3.05) is 13.2 Å². The average molecular weight is 310 g/mol. The number of ether oxygens (including phenoxy) is 2. The van der Waals surface area contributed by atoms with Crippen LogP contribution < -0.4 is 15.2 Å². The third kappa shape index (κ3) is 2.64. The fraction of sp³-hybridized carbons (Fsp3) is 0.333. The van der Waals surface area contributed by atoms with E-state index in [-0.39, 0.29) is 6.04 Å². The Balaban J connectivity index is 1.91. The third-order valence-corrected chi connectivity index (χ3v) is 4.74. The van der Waals surface area contributed by atoms with Crippen LogP contribution in [0, 0.1) is 5.92 Å². The summed E-state index contributed by atoms with van der Waals surface area (Å²) in [6, 6.07) is 7.47. The first-order valence-corrected chi connectivity index (χ1v) is 7.79. The van der Waals surface area contributed by atoms with Gasteiger partial charge < -0.3 is 15.2 Å². The van der Waals surface area contributed by atoms with E-state index in [0.717, 1.165) is 21.9 Å². The summed E-state index contributed by atoms with van der Waals surface area (Å²) in [6.45, 7) is 3.44. The second-order valence-electron chi connectivity index (χ2n) is 5.04. The van der Waals surface area contributed by atoms with Crippen LogP contribution in [0.2, 0.25) is 5.02 Å². The molecule has 5 heteroatoms. The molecule has 1 aromatic carbocycles. The highest BCUT2D eigenvalue weighted by Crippen LogP contribution is 2.36. The van der Waals surface area contributed by atoms with Crippen molar-refractivity contribution in [2.24, 2.45) is 11.7 Å². The monoisotopic (exact) mass is 309 g/mol. The fourth-order valence-corrected chi connectivity index (χ4v) is 3.34. The highest BCUT2D eigenvalue weighted by atomic mass is 35.5. The molecule has 2 atom stereocenters. The number of fused-ring (bicyclic) bond motifs is 1. The van der Waals surface area contributed by atoms with Crippen LogP contribution in [0.15, 0.2) is 29.6 Å². The van der Waals surface area contributed by atoms with E-state index in [1.54, 1.807) is 11.3 Å². The first-order chi connectivity index (χ1) is 9.65. The number of halogens is 1. The van der Waals surface area contributed by atoms with Crippen molar-refractivity contribution < 1.29 is 9.47 Å². The predicted octanol–water partition coefficient (Wildman–Crippen LogP) is 3.86. The summed E-state index contributed by atoms with van der Waals surface area (Å²) in [5.41, 5.74) is 7.27. The van der Waals surface area contributed by atoms with Gasteiger partial charge in [-0.3, -0.25) is 0 Å². The molecular formula is C15H16ClNO2S. The van der Waals surface area contributed by atoms with Crippen LogP contribution in [0.4, 0.5) is 0 Å². The zero-order chi connectivity index (χ0) is 14.1. The van der Waals surface area contributed by atoms with Crippen molar-refractivity contribution in [3.63, 3.8) is 0 Å². The van der Waals surface area contributed by atoms with Crippen LogP contribution in [0.1, 0.15) is 23.4 Å². The standard InChI is InChI=1S/C15H16ClNO2S/c1-9-7-18-12-3-2-10(6-13(12)19-8-9)14(17)15-11(16)4-5-20-15/h2-6,9,14H,7-8,17H2,1H3. The van der Waals surface area contributed by atoms with Gasteiger partial charge in [0, 0.05) is 10.8 Å². The van der Waals surface area contributed by atoms with Crippen LogP contribution in [0.25, 0.3) is 0 Å². The Morgan fingerprint density at radius 1 is 1.25 bits per heavy atom. The van der Waals surface area contributed by atoms with E-state index in [9.17, 15) is 0 Å². The Bertz CT molecular complexity index is 614. The number of nitrogens with two attached hydrogens (primary N) is 1. The van der Waals surface area contributed by atoms with Crippen molar-refractivity contribution in [2.45, 2.75) is 13.0 Å². The summed E-state index contributed by atoms with van der Waals surface area (Å²) in [6.07, 6.45) is 0. The molecule has 0 saturated carbocycles. The smallest absolute Gasteiger partial charge is 0.161 e. The highest BCUT2D eigenvalue weighted by molar-refractivity contribution is 7.10. The van der Waals surface area contributed by atoms with E-state index in [0.29, 0.717) is 24.2 Å². The van der Waals surface area contributed by atoms with Gasteiger partial charge in [0.1, 0.15) is 0 Å². The summed E-state index contributed by atoms with van der Waals surface area (Å²) in [5, 5.41) is 2.66. The molecule has 2 unspecified atom stereocenters. The first kappa shape index (κ1) is 13.7. The molecule has 3 nitrogen and oxygen atoms in total. The quantitative estimate of drug-likeness (QED) is 0.916. The van der Waals surface area contributed by atoms with Crippen molar-refractivity contribution in [3.05, 3.63) is 45.1 Å². The zero-order valence-corrected chi connectivity index (χ0v) is 12.7. The molecule has 0 fully saturated rings. The molecule has 2 aromatic rings. The van der Waals surface area contributed by atoms with Crippen LogP contribution in [-0.2, 0) is 0 Å². The van der Waals surface area contributed by atoms with Crippen molar-refractivity contribution in [3.8, 4) is 11.5 Å². The second kappa shape index (κ2) is 5.64. The van der Waals surface area contributed by atoms with E-state index < -0.39 is 0 Å². The molecule has 20 heavy (non-hydrogen) atoms. The number of thiophene rings is 1. The summed E-state index contributed by atoms with van der Waals surface area (Å²) in [7, 11) is 0. The van der Waals surface area contributed by atoms with Crippen molar-refractivity contribution in [1.82, 2.24) is 0 Å². The Hall–Kier alpha value is -1.23. The lowest BCUT2D eigenvalue weighted by atomic mass is 10.1. The normalized spacial score (nSPS) is 19.4. The van der Waals surface area contributed by atoms with Gasteiger partial charge in [-0.25, -0.2) is 0 Å². The SMILES string of the molecule is CC1COc2ccc(C(N)c3sccc3Cl)cc2OC1. The topological polar surface area (TPSA) is 44.5 Å². The Labute approximate surface area is 127 Å². The molecule has 0 amide bonds. The van der Waals surface area contributed by atoms with Crippen LogP contribution in [0.3, 0.4) is 0 Å². The molecular weight excluding hydrogens is 294 g/mol. The molecule has 1 aliphatic heterocycles. The molecule has 1 aliphatic rings. The number of benzene rings is 1. The van der Waals surface area contributed by atoms with Crippen LogP contribution in [-0.4, -0.2) is 13.2 Å². The van der Waals surface area contributed by atoms with Crippen LogP contribution >= 0.6 is 22.9 Å². The molecule has 3 rings (SSSR count). The minimum Gasteiger partial charge on any atom is -0.489 e. The lowest BCUT2D eigenvalue weighted by Gasteiger charge is -2.14. The maximum absolute atomic E-state index is 6.29. The number of hydrogen-bond acceptors (Lipinski definition) is 4. The lowest BCUT2D eigenvalue weighted by molar-refractivity contribution is 0.228. The van der Waals surface area contributed by atoms with Gasteiger partial charge >= 0.3 is 0 Å². The van der Waals surface area contributed by atoms with E-state index in [4.69, 9.17) is 26.8 Å². The Morgan fingerprint density at radius 3 is 2.70 bits per heavy atom. The van der Waals surface area contributed by atoms with Crippen molar-refractivity contribution >= 4 is 22.9 Å². The lowest BCUT2D eigenvalue weighted by Crippen LogP contribution is -2.12. The Kier molecular flexibility index (Phi) is 3.87. The molecule has 0 spiro atoms. The summed E-state index contributed by atoms with van der Waals surface area (Å²) < 4.78 is 11.5. The second-order valence-corrected chi connectivity index (χ2v) is 6.40. The maximum Gasteiger partial charge on any atom is 0.161 e. The number of rotatable bonds is 2. The largest absolute Gasteiger partial charge is 0.489 e. The minimum absolute atomic E-state index is 0.239. The third-order valence-electron chi connectivity index (χ3n) is 3.30. The molecule has 0 radical (unpaired) electrons. The Morgan fingerprint density at radius 2 is 2.00 bits per heavy atom. The van der Waals surface area contributed by atoms with Gasteiger partial charge in [-0.05, 0) is 29.1 Å². The predicted molar refractivity (Wildman–Crippen MR) is 82.0 cm³/mol. The molecule has 1 aromatic heterocycles. The summed E-state index contributed by atoms with van der Waals surface area (Å²) >= 11 is 7.71. The number of hydrogen-bond donors (Lipinski definition) is 1. The van der Waals surface area contributed by atoms with Gasteiger partial charge in [0.2, 0.25) is 0 Å². The van der Waals surface area contributed by atoms with E-state index in [1.807, 2.05) is 29.6 Å². The molecule has 0 bridgehead atoms. The highest BCUT2D eigenvalue weighted by Gasteiger charge is 2.19. The molecule has 0 saturated heterocycles. The molecule has 2 N–H and O–H groups in total. The van der Waals surface area contributed by atoms with Gasteiger partial charge in [0.25, 0.3) is 0 Å². The van der Waals surface area contributed by atoms with Gasteiger partial charge in [0.15, 0.2) is 11.5 Å². The first-order valence-electron chi connectivity index (χ1n) is 6.53. The summed E-state index contributed by atoms with van der Waals surface area (Å²) in [4.78, 5) is 0.967. The average Bonchev–Trinajstić information content (AvgIpc) is 2.79. The van der Waals surface area contributed by atoms with Crippen LogP contribution in [0.5, 0.6) is 11.5 Å². The van der Waals surface area contributed by atoms with Gasteiger partial charge in [0.05, 0.1) is 24.3 Å². The molecule has 2 heterocycles. The van der Waals surface area contributed by atoms with Crippen molar-refractivity contribution in [1.29, 1.82) is 0 Å². The van der Waals surface area contributed by atoms with Gasteiger partial charge in [-0.2, -0.15) is 0 Å². The zero-order valence-electron chi connectivity index (χ0n) is 11.1.